The minimum Gasteiger partial charge on any atom is -0.477 e. The van der Waals surface area contributed by atoms with E-state index in [4.69, 9.17) is 23.2 Å². The van der Waals surface area contributed by atoms with E-state index >= 15 is 0 Å². The average Bonchev–Trinajstić information content (AvgIpc) is 2.53. The molecule has 0 aliphatic carbocycles. The van der Waals surface area contributed by atoms with E-state index in [9.17, 15) is 14.7 Å². The Morgan fingerprint density at radius 2 is 1.61 bits per heavy atom. The quantitative estimate of drug-likeness (QED) is 0.755. The van der Waals surface area contributed by atoms with Gasteiger partial charge in [-0.25, -0.2) is 4.79 Å². The van der Waals surface area contributed by atoms with Crippen LogP contribution in [0.2, 0.25) is 10.0 Å². The van der Waals surface area contributed by atoms with Crippen molar-refractivity contribution in [1.82, 2.24) is 4.57 Å². The van der Waals surface area contributed by atoms with E-state index in [1.165, 1.54) is 19.2 Å². The van der Waals surface area contributed by atoms with Crippen LogP contribution < -0.4 is 5.56 Å². The number of halogens is 2. The maximum atomic E-state index is 12.5. The Labute approximate surface area is 141 Å². The second-order valence-corrected chi connectivity index (χ2v) is 5.89. The van der Waals surface area contributed by atoms with Gasteiger partial charge in [-0.05, 0) is 23.1 Å². The highest BCUT2D eigenvalue weighted by Gasteiger charge is 2.22. The minimum absolute atomic E-state index is 0.0907. The molecule has 116 valence electrons. The van der Waals surface area contributed by atoms with Gasteiger partial charge < -0.3 is 9.67 Å². The molecule has 1 N–H and O–H groups in total. The number of aromatic carboxylic acids is 1. The number of nitrogens with zero attached hydrogens (tertiary/aromatic N) is 1. The Morgan fingerprint density at radius 1 is 1.04 bits per heavy atom. The van der Waals surface area contributed by atoms with Gasteiger partial charge in [-0.15, -0.1) is 0 Å². The molecule has 4 nitrogen and oxygen atoms in total. The topological polar surface area (TPSA) is 59.3 Å². The first kappa shape index (κ1) is 15.6. The fraction of sp³-hybridized carbons (Fsp3) is 0.0588. The molecular weight excluding hydrogens is 337 g/mol. The molecule has 0 saturated carbocycles. The molecule has 0 spiro atoms. The van der Waals surface area contributed by atoms with E-state index in [1.54, 1.807) is 24.3 Å². The summed E-state index contributed by atoms with van der Waals surface area (Å²) < 4.78 is 1.12. The van der Waals surface area contributed by atoms with Crippen LogP contribution in [0.25, 0.3) is 21.9 Å². The lowest BCUT2D eigenvalue weighted by molar-refractivity contribution is 0.0686. The summed E-state index contributed by atoms with van der Waals surface area (Å²) in [6.45, 7) is 0. The molecule has 0 fully saturated rings. The SMILES string of the molecule is Cn1c(C(=O)O)c(-c2ccccc2)c2cc(Cl)c(Cl)cc2c1=O. The highest BCUT2D eigenvalue weighted by Crippen LogP contribution is 2.34. The molecule has 23 heavy (non-hydrogen) atoms. The predicted octanol–water partition coefficient (Wildman–Crippen LogP) is 4.21. The summed E-state index contributed by atoms with van der Waals surface area (Å²) in [5.41, 5.74) is 0.598. The number of carbonyl (C=O) groups is 1. The first-order valence-electron chi connectivity index (χ1n) is 6.72. The zero-order chi connectivity index (χ0) is 16.7. The number of benzene rings is 2. The Balaban J connectivity index is 2.61. The Morgan fingerprint density at radius 3 is 2.17 bits per heavy atom. The van der Waals surface area contributed by atoms with Crippen molar-refractivity contribution >= 4 is 39.9 Å². The van der Waals surface area contributed by atoms with E-state index in [1.807, 2.05) is 6.07 Å². The van der Waals surface area contributed by atoms with Crippen molar-refractivity contribution in [3.8, 4) is 11.1 Å². The van der Waals surface area contributed by atoms with Crippen LogP contribution in [-0.4, -0.2) is 15.6 Å². The molecular formula is C17H11Cl2NO3. The van der Waals surface area contributed by atoms with Gasteiger partial charge in [0.25, 0.3) is 5.56 Å². The molecule has 0 aliphatic heterocycles. The van der Waals surface area contributed by atoms with Gasteiger partial charge in [-0.2, -0.15) is 0 Å². The van der Waals surface area contributed by atoms with Crippen LogP contribution in [0.4, 0.5) is 0 Å². The molecule has 0 saturated heterocycles. The second-order valence-electron chi connectivity index (χ2n) is 5.07. The Hall–Kier alpha value is -2.30. The van der Waals surface area contributed by atoms with E-state index in [2.05, 4.69) is 0 Å². The lowest BCUT2D eigenvalue weighted by Crippen LogP contribution is -2.24. The van der Waals surface area contributed by atoms with Crippen LogP contribution in [0.5, 0.6) is 0 Å². The molecule has 0 aliphatic rings. The predicted molar refractivity (Wildman–Crippen MR) is 91.6 cm³/mol. The number of carboxylic acids is 1. The van der Waals surface area contributed by atoms with Crippen molar-refractivity contribution in [3.63, 3.8) is 0 Å². The summed E-state index contributed by atoms with van der Waals surface area (Å²) >= 11 is 12.1. The van der Waals surface area contributed by atoms with Gasteiger partial charge in [0, 0.05) is 18.0 Å². The van der Waals surface area contributed by atoms with Gasteiger partial charge in [0.1, 0.15) is 5.69 Å². The smallest absolute Gasteiger partial charge is 0.353 e. The molecule has 3 rings (SSSR count). The number of hydrogen-bond acceptors (Lipinski definition) is 2. The van der Waals surface area contributed by atoms with Crippen LogP contribution >= 0.6 is 23.2 Å². The summed E-state index contributed by atoms with van der Waals surface area (Å²) in [5, 5.41) is 10.9. The van der Waals surface area contributed by atoms with Crippen molar-refractivity contribution in [2.75, 3.05) is 0 Å². The minimum atomic E-state index is -1.18. The molecule has 1 aromatic heterocycles. The van der Waals surface area contributed by atoms with E-state index in [-0.39, 0.29) is 15.7 Å². The van der Waals surface area contributed by atoms with Gasteiger partial charge in [-0.3, -0.25) is 4.79 Å². The largest absolute Gasteiger partial charge is 0.477 e. The number of carboxylic acid groups (broad SMARTS) is 1. The number of aromatic nitrogens is 1. The summed E-state index contributed by atoms with van der Waals surface area (Å²) in [7, 11) is 1.43. The lowest BCUT2D eigenvalue weighted by atomic mass is 9.97. The number of rotatable bonds is 2. The van der Waals surface area contributed by atoms with Crippen molar-refractivity contribution in [1.29, 1.82) is 0 Å². The maximum Gasteiger partial charge on any atom is 0.353 e. The van der Waals surface area contributed by atoms with Gasteiger partial charge in [0.2, 0.25) is 0 Å². The van der Waals surface area contributed by atoms with Crippen molar-refractivity contribution in [2.45, 2.75) is 0 Å². The fourth-order valence-electron chi connectivity index (χ4n) is 2.66. The Bertz CT molecular complexity index is 994. The summed E-state index contributed by atoms with van der Waals surface area (Å²) in [4.78, 5) is 24.2. The molecule has 0 amide bonds. The zero-order valence-electron chi connectivity index (χ0n) is 12.0. The average molecular weight is 348 g/mol. The third kappa shape index (κ3) is 2.50. The third-order valence-electron chi connectivity index (χ3n) is 3.70. The monoisotopic (exact) mass is 347 g/mol. The first-order chi connectivity index (χ1) is 10.9. The normalized spacial score (nSPS) is 10.9. The molecule has 0 radical (unpaired) electrons. The highest BCUT2D eigenvalue weighted by atomic mass is 35.5. The summed E-state index contributed by atoms with van der Waals surface area (Å²) in [6, 6.07) is 12.0. The second kappa shape index (κ2) is 5.72. The first-order valence-corrected chi connectivity index (χ1v) is 7.48. The van der Waals surface area contributed by atoms with Gasteiger partial charge in [-0.1, -0.05) is 53.5 Å². The molecule has 2 aromatic carbocycles. The molecule has 3 aromatic rings. The van der Waals surface area contributed by atoms with Crippen LogP contribution in [-0.2, 0) is 7.05 Å². The van der Waals surface area contributed by atoms with Crippen LogP contribution in [0, 0.1) is 0 Å². The van der Waals surface area contributed by atoms with Crippen LogP contribution in [0.15, 0.2) is 47.3 Å². The zero-order valence-corrected chi connectivity index (χ0v) is 13.5. The van der Waals surface area contributed by atoms with Gasteiger partial charge >= 0.3 is 5.97 Å². The van der Waals surface area contributed by atoms with Crippen molar-refractivity contribution in [2.24, 2.45) is 7.05 Å². The van der Waals surface area contributed by atoms with E-state index < -0.39 is 11.5 Å². The molecule has 0 bridgehead atoms. The molecule has 0 atom stereocenters. The van der Waals surface area contributed by atoms with E-state index in [0.717, 1.165) is 4.57 Å². The molecule has 6 heteroatoms. The fourth-order valence-corrected chi connectivity index (χ4v) is 2.98. The number of hydrogen-bond donors (Lipinski definition) is 1. The van der Waals surface area contributed by atoms with Gasteiger partial charge in [0.05, 0.1) is 10.0 Å². The van der Waals surface area contributed by atoms with Crippen molar-refractivity contribution in [3.05, 3.63) is 68.6 Å². The molecule has 0 unspecified atom stereocenters. The highest BCUT2D eigenvalue weighted by molar-refractivity contribution is 6.43. The number of fused-ring (bicyclic) bond motifs is 1. The Kier molecular flexibility index (Phi) is 3.88. The van der Waals surface area contributed by atoms with Crippen molar-refractivity contribution < 1.29 is 9.90 Å². The number of pyridine rings is 1. The van der Waals surface area contributed by atoms with E-state index in [0.29, 0.717) is 21.9 Å². The third-order valence-corrected chi connectivity index (χ3v) is 4.42. The lowest BCUT2D eigenvalue weighted by Gasteiger charge is -2.15. The van der Waals surface area contributed by atoms with Gasteiger partial charge in [0.15, 0.2) is 0 Å². The van der Waals surface area contributed by atoms with Crippen LogP contribution in [0.1, 0.15) is 10.5 Å². The maximum absolute atomic E-state index is 12.5. The van der Waals surface area contributed by atoms with Crippen LogP contribution in [0.3, 0.4) is 0 Å². The standard InChI is InChI=1S/C17H11Cl2NO3/c1-20-15(17(22)23)14(9-5-3-2-4-6-9)10-7-12(18)13(19)8-11(10)16(20)21/h2-8H,1H3,(H,22,23). The summed E-state index contributed by atoms with van der Waals surface area (Å²) in [6.07, 6.45) is 0. The molecule has 1 heterocycles. The summed E-state index contributed by atoms with van der Waals surface area (Å²) in [5.74, 6) is -1.18.